The molecule has 0 saturated heterocycles. The smallest absolute Gasteiger partial charge is 0.305 e. The van der Waals surface area contributed by atoms with Crippen molar-refractivity contribution >= 4 is 11.9 Å². The van der Waals surface area contributed by atoms with Crippen LogP contribution >= 0.6 is 0 Å². The van der Waals surface area contributed by atoms with Gasteiger partial charge in [0, 0.05) is 12.8 Å². The molecule has 2 unspecified atom stereocenters. The van der Waals surface area contributed by atoms with Gasteiger partial charge in [0.1, 0.15) is 0 Å². The van der Waals surface area contributed by atoms with E-state index in [0.29, 0.717) is 19.4 Å². The van der Waals surface area contributed by atoms with Gasteiger partial charge in [-0.15, -0.1) is 0 Å². The van der Waals surface area contributed by atoms with Crippen LogP contribution in [0.15, 0.2) is 24.3 Å². The number of ether oxygens (including phenoxy) is 1. The van der Waals surface area contributed by atoms with Crippen molar-refractivity contribution in [2.24, 2.45) is 0 Å². The Balaban J connectivity index is 3.35. The molecule has 0 aliphatic carbocycles. The van der Waals surface area contributed by atoms with E-state index in [1.165, 1.54) is 430 Å². The van der Waals surface area contributed by atoms with E-state index in [1.807, 2.05) is 6.08 Å². The maximum Gasteiger partial charge on any atom is 0.305 e. The minimum absolute atomic E-state index is 0.0252. The molecule has 6 heteroatoms. The van der Waals surface area contributed by atoms with Crippen LogP contribution in [-0.2, 0) is 14.3 Å². The van der Waals surface area contributed by atoms with Crippen LogP contribution in [-0.4, -0.2) is 47.4 Å². The van der Waals surface area contributed by atoms with Crippen molar-refractivity contribution in [2.45, 2.75) is 508 Å². The number of aliphatic hydroxyl groups excluding tert-OH is 2. The zero-order valence-electron chi connectivity index (χ0n) is 63.5. The first kappa shape index (κ1) is 91.3. The number of amides is 1. The largest absolute Gasteiger partial charge is 0.466 e. The van der Waals surface area contributed by atoms with Gasteiger partial charge in [-0.25, -0.2) is 0 Å². The molecule has 93 heavy (non-hydrogen) atoms. The summed E-state index contributed by atoms with van der Waals surface area (Å²) < 4.78 is 5.52. The van der Waals surface area contributed by atoms with E-state index in [2.05, 4.69) is 31.3 Å². The summed E-state index contributed by atoms with van der Waals surface area (Å²) in [7, 11) is 0. The van der Waals surface area contributed by atoms with E-state index in [4.69, 9.17) is 4.74 Å². The third-order valence-electron chi connectivity index (χ3n) is 20.5. The molecule has 0 aromatic carbocycles. The molecule has 0 fully saturated rings. The van der Waals surface area contributed by atoms with Crippen molar-refractivity contribution in [1.82, 2.24) is 5.32 Å². The zero-order valence-corrected chi connectivity index (χ0v) is 63.5. The third kappa shape index (κ3) is 79.2. The van der Waals surface area contributed by atoms with Gasteiger partial charge in [0.05, 0.1) is 25.4 Å². The molecule has 0 spiro atoms. The van der Waals surface area contributed by atoms with Crippen molar-refractivity contribution < 1.29 is 24.5 Å². The molecular formula is C87H169NO5. The lowest BCUT2D eigenvalue weighted by molar-refractivity contribution is -0.143. The summed E-state index contributed by atoms with van der Waals surface area (Å²) in [4.78, 5) is 24.7. The van der Waals surface area contributed by atoms with Crippen molar-refractivity contribution in [3.05, 3.63) is 24.3 Å². The molecule has 0 radical (unpaired) electrons. The first-order valence-corrected chi connectivity index (χ1v) is 43.1. The SMILES string of the molecule is CCCCCCCCCCCCCCCCCCCCCCCC/C=C/C(O)C(CO)NC(=O)CCCCCCCCCCCCCCCCCCC/C=C\CCCCCCCCCCCCCCCCOC(=O)CCCCCCCCCCCCCCCCCCC. The molecule has 3 N–H and O–H groups in total. The van der Waals surface area contributed by atoms with Crippen LogP contribution < -0.4 is 5.32 Å². The molecule has 2 atom stereocenters. The van der Waals surface area contributed by atoms with Crippen LogP contribution in [0.4, 0.5) is 0 Å². The Kier molecular flexibility index (Phi) is 81.3. The summed E-state index contributed by atoms with van der Waals surface area (Å²) in [6.45, 7) is 4.97. The molecule has 0 aliphatic rings. The van der Waals surface area contributed by atoms with Gasteiger partial charge in [0.25, 0.3) is 0 Å². The summed E-state index contributed by atoms with van der Waals surface area (Å²) >= 11 is 0. The zero-order chi connectivity index (χ0) is 67.0. The van der Waals surface area contributed by atoms with Gasteiger partial charge in [0.2, 0.25) is 5.91 Å². The first-order chi connectivity index (χ1) is 46.0. The minimum Gasteiger partial charge on any atom is -0.466 e. The number of carbonyl (C=O) groups is 2. The Hall–Kier alpha value is -1.66. The van der Waals surface area contributed by atoms with Gasteiger partial charge < -0.3 is 20.3 Å². The maximum absolute atomic E-state index is 12.6. The van der Waals surface area contributed by atoms with Gasteiger partial charge in [-0.3, -0.25) is 9.59 Å². The molecular weight excluding hydrogens is 1140 g/mol. The molecule has 0 bridgehead atoms. The van der Waals surface area contributed by atoms with E-state index in [-0.39, 0.29) is 18.5 Å². The van der Waals surface area contributed by atoms with E-state index >= 15 is 0 Å². The lowest BCUT2D eigenvalue weighted by Crippen LogP contribution is -2.45. The second-order valence-corrected chi connectivity index (χ2v) is 29.9. The topological polar surface area (TPSA) is 95.9 Å². The Morgan fingerprint density at radius 2 is 0.505 bits per heavy atom. The first-order valence-electron chi connectivity index (χ1n) is 43.1. The number of unbranched alkanes of at least 4 members (excludes halogenated alkanes) is 69. The number of nitrogens with one attached hydrogen (secondary N) is 1. The number of esters is 1. The maximum atomic E-state index is 12.6. The molecule has 552 valence electrons. The number of aliphatic hydroxyl groups is 2. The van der Waals surface area contributed by atoms with Crippen molar-refractivity contribution in [3.8, 4) is 0 Å². The van der Waals surface area contributed by atoms with E-state index < -0.39 is 12.1 Å². The standard InChI is InChI=1S/C87H169NO5/c1-3-5-7-9-11-13-15-17-19-21-22-23-24-38-41-44-48-51-55-59-63-67-71-75-79-85(90)84(83-89)88-86(91)80-76-72-68-64-60-56-52-49-45-42-39-36-34-32-30-28-26-25-27-29-31-33-35-37-40-43-46-50-54-58-62-66-70-74-78-82-93-87(92)81-77-73-69-65-61-57-53-47-20-18-16-14-12-10-8-6-4-2/h27,29,75,79,84-85,89-90H,3-26,28,30-74,76-78,80-83H2,1-2H3,(H,88,91)/b29-27-,79-75+. The van der Waals surface area contributed by atoms with Crippen LogP contribution in [0.25, 0.3) is 0 Å². The van der Waals surface area contributed by atoms with Crippen LogP contribution in [0, 0.1) is 0 Å². The third-order valence-corrected chi connectivity index (χ3v) is 20.5. The summed E-state index contributed by atoms with van der Waals surface area (Å²) in [6.07, 6.45) is 108. The lowest BCUT2D eigenvalue weighted by atomic mass is 10.0. The van der Waals surface area contributed by atoms with Gasteiger partial charge in [-0.2, -0.15) is 0 Å². The lowest BCUT2D eigenvalue weighted by Gasteiger charge is -2.20. The van der Waals surface area contributed by atoms with Gasteiger partial charge in [-0.1, -0.05) is 449 Å². The molecule has 0 aromatic rings. The Labute approximate surface area is 583 Å². The summed E-state index contributed by atoms with van der Waals surface area (Å²) in [5.41, 5.74) is 0. The van der Waals surface area contributed by atoms with Gasteiger partial charge in [0.15, 0.2) is 0 Å². The fourth-order valence-electron chi connectivity index (χ4n) is 13.9. The molecule has 0 rings (SSSR count). The highest BCUT2D eigenvalue weighted by Gasteiger charge is 2.18. The summed E-state index contributed by atoms with van der Waals surface area (Å²) in [6, 6.07) is -0.627. The monoisotopic (exact) mass is 1310 g/mol. The minimum atomic E-state index is -0.843. The van der Waals surface area contributed by atoms with Crippen molar-refractivity contribution in [3.63, 3.8) is 0 Å². The predicted molar refractivity (Wildman–Crippen MR) is 412 cm³/mol. The van der Waals surface area contributed by atoms with Crippen molar-refractivity contribution in [2.75, 3.05) is 13.2 Å². The molecule has 0 saturated carbocycles. The number of carbonyl (C=O) groups excluding carboxylic acids is 2. The van der Waals surface area contributed by atoms with E-state index in [1.54, 1.807) is 6.08 Å². The highest BCUT2D eigenvalue weighted by Crippen LogP contribution is 2.21. The highest BCUT2D eigenvalue weighted by molar-refractivity contribution is 5.76. The molecule has 0 aromatic heterocycles. The van der Waals surface area contributed by atoms with Gasteiger partial charge >= 0.3 is 5.97 Å². The van der Waals surface area contributed by atoms with Crippen LogP contribution in [0.1, 0.15) is 495 Å². The quantitative estimate of drug-likeness (QED) is 0.0320. The Morgan fingerprint density at radius 1 is 0.290 bits per heavy atom. The number of hydrogen-bond acceptors (Lipinski definition) is 5. The fraction of sp³-hybridized carbons (Fsp3) is 0.931. The van der Waals surface area contributed by atoms with Crippen molar-refractivity contribution in [1.29, 1.82) is 0 Å². The normalized spacial score (nSPS) is 12.5. The van der Waals surface area contributed by atoms with Gasteiger partial charge in [-0.05, 0) is 57.8 Å². The van der Waals surface area contributed by atoms with Crippen LogP contribution in [0.2, 0.25) is 0 Å². The van der Waals surface area contributed by atoms with Crippen LogP contribution in [0.3, 0.4) is 0 Å². The highest BCUT2D eigenvalue weighted by atomic mass is 16.5. The molecule has 0 heterocycles. The number of allylic oxidation sites excluding steroid dienone is 3. The summed E-state index contributed by atoms with van der Waals surface area (Å²) in [5, 5.41) is 23.3. The second kappa shape index (κ2) is 82.8. The van der Waals surface area contributed by atoms with E-state index in [9.17, 15) is 19.8 Å². The average Bonchev–Trinajstić information content (AvgIpc) is 3.78. The molecule has 0 aliphatic heterocycles. The Morgan fingerprint density at radius 3 is 0.763 bits per heavy atom. The number of hydrogen-bond donors (Lipinski definition) is 3. The Bertz CT molecular complexity index is 1460. The number of rotatable bonds is 82. The van der Waals surface area contributed by atoms with Crippen LogP contribution in [0.5, 0.6) is 0 Å². The summed E-state index contributed by atoms with van der Waals surface area (Å²) in [5.74, 6) is -0.0334. The second-order valence-electron chi connectivity index (χ2n) is 29.9. The predicted octanol–water partition coefficient (Wildman–Crippen LogP) is 28.8. The van der Waals surface area contributed by atoms with E-state index in [0.717, 1.165) is 38.5 Å². The average molecular weight is 1310 g/mol. The molecule has 1 amide bonds. The fourth-order valence-corrected chi connectivity index (χ4v) is 13.9. The molecule has 6 nitrogen and oxygen atoms in total.